The molecule has 0 aliphatic rings. The molecule has 2 heterocycles. The van der Waals surface area contributed by atoms with E-state index in [1.165, 1.54) is 0 Å². The van der Waals surface area contributed by atoms with Crippen LogP contribution in [0, 0.1) is 0 Å². The van der Waals surface area contributed by atoms with Crippen LogP contribution in [0.2, 0.25) is 0 Å². The molecule has 2 aromatic heterocycles. The topological polar surface area (TPSA) is 80.5 Å². The van der Waals surface area contributed by atoms with Gasteiger partial charge in [-0.1, -0.05) is 0 Å². The van der Waals surface area contributed by atoms with Gasteiger partial charge in [-0.25, -0.2) is 9.97 Å². The van der Waals surface area contributed by atoms with Crippen LogP contribution >= 0.6 is 11.3 Å². The predicted octanol–water partition coefficient (Wildman–Crippen LogP) is 2.10. The van der Waals surface area contributed by atoms with E-state index in [0.29, 0.717) is 12.2 Å². The molecule has 0 radical (unpaired) electrons. The number of benzene rings is 1. The van der Waals surface area contributed by atoms with E-state index < -0.39 is 0 Å². The van der Waals surface area contributed by atoms with Crippen molar-refractivity contribution in [3.05, 3.63) is 46.7 Å². The van der Waals surface area contributed by atoms with E-state index in [2.05, 4.69) is 20.2 Å². The number of hydrogen-bond donors (Lipinski definition) is 2. The fourth-order valence-corrected chi connectivity index (χ4v) is 2.24. The molecule has 0 saturated heterocycles. The number of anilines is 1. The monoisotopic (exact) mass is 257 g/mol. The minimum absolute atomic E-state index is 0.680. The molecule has 3 N–H and O–H groups in total. The number of H-pyrrole nitrogens is 1. The summed E-state index contributed by atoms with van der Waals surface area (Å²) >= 11 is 1.61. The zero-order valence-corrected chi connectivity index (χ0v) is 10.3. The number of nitrogens with one attached hydrogen (secondary N) is 1. The average molecular weight is 257 g/mol. The lowest BCUT2D eigenvalue weighted by Gasteiger charge is -1.95. The van der Waals surface area contributed by atoms with E-state index in [1.807, 2.05) is 29.6 Å². The van der Waals surface area contributed by atoms with Gasteiger partial charge < -0.3 is 5.73 Å². The highest BCUT2D eigenvalue weighted by Gasteiger charge is 2.07. The lowest BCUT2D eigenvalue weighted by Crippen LogP contribution is -1.89. The third-order valence-corrected chi connectivity index (χ3v) is 3.28. The van der Waals surface area contributed by atoms with Crippen LogP contribution < -0.4 is 5.73 Å². The molecule has 0 bridgehead atoms. The van der Waals surface area contributed by atoms with Gasteiger partial charge >= 0.3 is 0 Å². The molecule has 0 saturated carbocycles. The van der Waals surface area contributed by atoms with Gasteiger partial charge in [0.2, 0.25) is 0 Å². The molecule has 3 rings (SSSR count). The second kappa shape index (κ2) is 4.58. The van der Waals surface area contributed by atoms with Crippen LogP contribution in [0.15, 0.2) is 35.8 Å². The van der Waals surface area contributed by atoms with Crippen LogP contribution in [0.4, 0.5) is 5.69 Å². The molecule has 1 aromatic carbocycles. The van der Waals surface area contributed by atoms with Crippen molar-refractivity contribution >= 4 is 17.0 Å². The van der Waals surface area contributed by atoms with E-state index in [-0.39, 0.29) is 0 Å². The van der Waals surface area contributed by atoms with Crippen LogP contribution in [-0.2, 0) is 6.42 Å². The number of rotatable bonds is 3. The molecule has 6 heteroatoms. The van der Waals surface area contributed by atoms with Crippen LogP contribution in [0.1, 0.15) is 10.8 Å². The van der Waals surface area contributed by atoms with Crippen LogP contribution in [0.3, 0.4) is 0 Å². The number of nitrogen functional groups attached to an aromatic ring is 1. The normalized spacial score (nSPS) is 10.7. The second-order valence-electron chi connectivity index (χ2n) is 3.83. The van der Waals surface area contributed by atoms with Gasteiger partial charge in [0, 0.05) is 22.8 Å². The molecule has 5 nitrogen and oxygen atoms in total. The van der Waals surface area contributed by atoms with Crippen LogP contribution in [0.25, 0.3) is 11.4 Å². The largest absolute Gasteiger partial charge is 0.399 e. The van der Waals surface area contributed by atoms with Gasteiger partial charge in [0.15, 0.2) is 5.82 Å². The van der Waals surface area contributed by atoms with Gasteiger partial charge in [0.25, 0.3) is 0 Å². The molecule has 0 fully saturated rings. The molecule has 0 aliphatic heterocycles. The Kier molecular flexibility index (Phi) is 2.77. The molecular formula is C12H11N5S. The number of aromatic amines is 1. The predicted molar refractivity (Wildman–Crippen MR) is 71.2 cm³/mol. The Morgan fingerprint density at radius 3 is 2.78 bits per heavy atom. The highest BCUT2D eigenvalue weighted by molar-refractivity contribution is 7.09. The highest BCUT2D eigenvalue weighted by Crippen LogP contribution is 2.17. The number of thiazole rings is 1. The first-order valence-corrected chi connectivity index (χ1v) is 6.35. The Labute approximate surface area is 108 Å². The molecule has 90 valence electrons. The summed E-state index contributed by atoms with van der Waals surface area (Å²) in [6.45, 7) is 0. The fraction of sp³-hybridized carbons (Fsp3) is 0.0833. The van der Waals surface area contributed by atoms with Crippen molar-refractivity contribution < 1.29 is 0 Å². The van der Waals surface area contributed by atoms with Crippen molar-refractivity contribution in [2.75, 3.05) is 5.73 Å². The third-order valence-electron chi connectivity index (χ3n) is 2.50. The van der Waals surface area contributed by atoms with E-state index in [4.69, 9.17) is 5.73 Å². The average Bonchev–Trinajstić information content (AvgIpc) is 3.02. The Bertz CT molecular complexity index is 627. The summed E-state index contributed by atoms with van der Waals surface area (Å²) in [5.74, 6) is 1.50. The number of aromatic nitrogens is 4. The maximum Gasteiger partial charge on any atom is 0.181 e. The van der Waals surface area contributed by atoms with Crippen molar-refractivity contribution in [1.29, 1.82) is 0 Å². The van der Waals surface area contributed by atoms with Gasteiger partial charge in [-0.15, -0.1) is 11.3 Å². The van der Waals surface area contributed by atoms with Crippen molar-refractivity contribution in [3.8, 4) is 11.4 Å². The number of nitrogens with zero attached hydrogens (tertiary/aromatic N) is 3. The zero-order chi connectivity index (χ0) is 12.4. The fourth-order valence-electron chi connectivity index (χ4n) is 1.62. The molecule has 0 amide bonds. The molecule has 0 atom stereocenters. The summed E-state index contributed by atoms with van der Waals surface area (Å²) in [6, 6.07) is 7.50. The van der Waals surface area contributed by atoms with Gasteiger partial charge in [-0.2, -0.15) is 5.10 Å². The summed E-state index contributed by atoms with van der Waals surface area (Å²) in [5, 5.41) is 10.1. The summed E-state index contributed by atoms with van der Waals surface area (Å²) in [7, 11) is 0. The smallest absolute Gasteiger partial charge is 0.181 e. The van der Waals surface area contributed by atoms with Gasteiger partial charge in [-0.3, -0.25) is 5.10 Å². The summed E-state index contributed by atoms with van der Waals surface area (Å²) < 4.78 is 0. The lowest BCUT2D eigenvalue weighted by molar-refractivity contribution is 0.963. The zero-order valence-electron chi connectivity index (χ0n) is 9.50. The quantitative estimate of drug-likeness (QED) is 0.704. The maximum atomic E-state index is 5.64. The van der Waals surface area contributed by atoms with E-state index in [0.717, 1.165) is 22.1 Å². The Hall–Kier alpha value is -2.21. The Morgan fingerprint density at radius 2 is 2.06 bits per heavy atom. The van der Waals surface area contributed by atoms with Gasteiger partial charge in [-0.05, 0) is 24.3 Å². The standard InChI is InChI=1S/C12H11N5S/c13-9-3-1-8(2-4-9)12-15-10(16-17-12)7-11-14-5-6-18-11/h1-6H,7,13H2,(H,15,16,17). The van der Waals surface area contributed by atoms with Crippen molar-refractivity contribution in [3.63, 3.8) is 0 Å². The molecule has 0 unspecified atom stereocenters. The maximum absolute atomic E-state index is 5.64. The Balaban J connectivity index is 1.83. The first-order chi connectivity index (χ1) is 8.81. The van der Waals surface area contributed by atoms with E-state index in [9.17, 15) is 0 Å². The molecule has 0 aliphatic carbocycles. The molecular weight excluding hydrogens is 246 g/mol. The van der Waals surface area contributed by atoms with Crippen LogP contribution in [0.5, 0.6) is 0 Å². The second-order valence-corrected chi connectivity index (χ2v) is 4.81. The minimum atomic E-state index is 0.680. The SMILES string of the molecule is Nc1ccc(-c2n[nH]c(Cc3nccs3)n2)cc1. The number of nitrogens with two attached hydrogens (primary N) is 1. The van der Waals surface area contributed by atoms with E-state index in [1.54, 1.807) is 17.5 Å². The molecule has 18 heavy (non-hydrogen) atoms. The van der Waals surface area contributed by atoms with Crippen molar-refractivity contribution in [2.45, 2.75) is 6.42 Å². The minimum Gasteiger partial charge on any atom is -0.399 e. The summed E-state index contributed by atoms with van der Waals surface area (Å²) in [5.41, 5.74) is 7.33. The highest BCUT2D eigenvalue weighted by atomic mass is 32.1. The Morgan fingerprint density at radius 1 is 1.22 bits per heavy atom. The van der Waals surface area contributed by atoms with Crippen molar-refractivity contribution in [1.82, 2.24) is 20.2 Å². The molecule has 3 aromatic rings. The lowest BCUT2D eigenvalue weighted by atomic mass is 10.2. The number of hydrogen-bond acceptors (Lipinski definition) is 5. The van der Waals surface area contributed by atoms with Crippen molar-refractivity contribution in [2.24, 2.45) is 0 Å². The first kappa shape index (κ1) is 10.9. The van der Waals surface area contributed by atoms with Crippen LogP contribution in [-0.4, -0.2) is 20.2 Å². The van der Waals surface area contributed by atoms with Gasteiger partial charge in [0.1, 0.15) is 10.8 Å². The third kappa shape index (κ3) is 2.23. The summed E-state index contributed by atoms with van der Waals surface area (Å²) in [4.78, 5) is 8.66. The van der Waals surface area contributed by atoms with Gasteiger partial charge in [0.05, 0.1) is 6.42 Å². The molecule has 0 spiro atoms. The van der Waals surface area contributed by atoms with E-state index >= 15 is 0 Å². The first-order valence-electron chi connectivity index (χ1n) is 5.47. The summed E-state index contributed by atoms with van der Waals surface area (Å²) in [6.07, 6.45) is 2.47.